The van der Waals surface area contributed by atoms with Gasteiger partial charge in [-0.15, -0.1) is 0 Å². The van der Waals surface area contributed by atoms with E-state index in [-0.39, 0.29) is 5.91 Å². The molecule has 0 unspecified atom stereocenters. The average molecular weight is 292 g/mol. The third-order valence-corrected chi connectivity index (χ3v) is 3.25. The van der Waals surface area contributed by atoms with E-state index in [1.54, 1.807) is 25.4 Å². The van der Waals surface area contributed by atoms with Gasteiger partial charge in [0.15, 0.2) is 0 Å². The van der Waals surface area contributed by atoms with Crippen LogP contribution in [-0.2, 0) is 11.3 Å². The molecule has 2 aromatic rings. The van der Waals surface area contributed by atoms with Gasteiger partial charge in [-0.25, -0.2) is 4.98 Å². The number of carbonyl (C=O) groups excluding carboxylic acids is 1. The average Bonchev–Trinajstić information content (AvgIpc) is 3.01. The second-order valence-corrected chi connectivity index (χ2v) is 4.82. The summed E-state index contributed by atoms with van der Waals surface area (Å²) in [6.07, 6.45) is 1.69. The quantitative estimate of drug-likeness (QED) is 0.794. The van der Waals surface area contributed by atoms with E-state index in [2.05, 4.69) is 10.3 Å². The van der Waals surface area contributed by atoms with Crippen molar-refractivity contribution in [2.24, 2.45) is 0 Å². The molecule has 0 atom stereocenters. The Morgan fingerprint density at radius 3 is 2.90 bits per heavy atom. The number of carbonyl (C=O) groups is 1. The normalized spacial score (nSPS) is 10.2. The predicted molar refractivity (Wildman–Crippen MR) is 77.1 cm³/mol. The van der Waals surface area contributed by atoms with Gasteiger partial charge in [0, 0.05) is 36.9 Å². The molecule has 0 saturated carbocycles. The molecule has 2 aromatic heterocycles. The van der Waals surface area contributed by atoms with Crippen LogP contribution in [0.2, 0.25) is 0 Å². The van der Waals surface area contributed by atoms with Gasteiger partial charge in [0.25, 0.3) is 5.91 Å². The van der Waals surface area contributed by atoms with E-state index in [0.29, 0.717) is 31.2 Å². The summed E-state index contributed by atoms with van der Waals surface area (Å²) in [5.74, 6) is 0.474. The molecule has 0 aliphatic carbocycles. The minimum absolute atomic E-state index is 0.0772. The standard InChI is InChI=1S/C14H16N2O3S/c1-18-5-6-19-13-3-2-11(8-15-13)9-16-14(17)12-4-7-20-10-12/h2-4,7-8,10H,5-6,9H2,1H3,(H,16,17). The Kier molecular flexibility index (Phi) is 5.52. The van der Waals surface area contributed by atoms with Crippen LogP contribution < -0.4 is 10.1 Å². The fourth-order valence-corrected chi connectivity index (χ4v) is 2.14. The number of nitrogens with zero attached hydrogens (tertiary/aromatic N) is 1. The highest BCUT2D eigenvalue weighted by Crippen LogP contribution is 2.09. The number of ether oxygens (including phenoxy) is 2. The lowest BCUT2D eigenvalue weighted by Crippen LogP contribution is -2.22. The monoisotopic (exact) mass is 292 g/mol. The molecular weight excluding hydrogens is 276 g/mol. The maximum atomic E-state index is 11.8. The summed E-state index contributed by atoms with van der Waals surface area (Å²) in [6, 6.07) is 5.45. The summed E-state index contributed by atoms with van der Waals surface area (Å²) in [5.41, 5.74) is 1.61. The molecule has 0 aliphatic heterocycles. The van der Waals surface area contributed by atoms with Gasteiger partial charge in [-0.2, -0.15) is 11.3 Å². The molecule has 0 bridgehead atoms. The molecule has 0 fully saturated rings. The van der Waals surface area contributed by atoms with E-state index in [4.69, 9.17) is 9.47 Å². The summed E-state index contributed by atoms with van der Waals surface area (Å²) in [5, 5.41) is 6.54. The topological polar surface area (TPSA) is 60.5 Å². The van der Waals surface area contributed by atoms with Crippen molar-refractivity contribution in [2.45, 2.75) is 6.54 Å². The SMILES string of the molecule is COCCOc1ccc(CNC(=O)c2ccsc2)cn1. The Bertz CT molecular complexity index is 526. The molecule has 5 nitrogen and oxygen atoms in total. The van der Waals surface area contributed by atoms with Crippen molar-refractivity contribution in [3.8, 4) is 5.88 Å². The first-order valence-corrected chi connectivity index (χ1v) is 7.11. The summed E-state index contributed by atoms with van der Waals surface area (Å²) >= 11 is 1.50. The summed E-state index contributed by atoms with van der Waals surface area (Å²) in [6.45, 7) is 1.44. The summed E-state index contributed by atoms with van der Waals surface area (Å²) in [4.78, 5) is 15.9. The van der Waals surface area contributed by atoms with Crippen LogP contribution >= 0.6 is 11.3 Å². The van der Waals surface area contributed by atoms with Crippen molar-refractivity contribution in [3.05, 3.63) is 46.3 Å². The zero-order valence-electron chi connectivity index (χ0n) is 11.2. The molecule has 0 radical (unpaired) electrons. The molecule has 2 rings (SSSR count). The van der Waals surface area contributed by atoms with Crippen LogP contribution in [0.3, 0.4) is 0 Å². The minimum atomic E-state index is -0.0772. The number of nitrogens with one attached hydrogen (secondary N) is 1. The highest BCUT2D eigenvalue weighted by molar-refractivity contribution is 7.08. The van der Waals surface area contributed by atoms with Crippen molar-refractivity contribution >= 4 is 17.2 Å². The highest BCUT2D eigenvalue weighted by atomic mass is 32.1. The molecule has 6 heteroatoms. The third kappa shape index (κ3) is 4.32. The zero-order chi connectivity index (χ0) is 14.2. The molecule has 20 heavy (non-hydrogen) atoms. The molecule has 0 spiro atoms. The van der Waals surface area contributed by atoms with Crippen molar-refractivity contribution in [2.75, 3.05) is 20.3 Å². The third-order valence-electron chi connectivity index (χ3n) is 2.57. The lowest BCUT2D eigenvalue weighted by atomic mass is 10.2. The van der Waals surface area contributed by atoms with E-state index >= 15 is 0 Å². The van der Waals surface area contributed by atoms with Gasteiger partial charge in [0.05, 0.1) is 6.61 Å². The molecule has 0 saturated heterocycles. The molecule has 2 heterocycles. The predicted octanol–water partition coefficient (Wildman–Crippen LogP) is 2.10. The van der Waals surface area contributed by atoms with E-state index in [1.165, 1.54) is 11.3 Å². The van der Waals surface area contributed by atoms with Crippen LogP contribution in [0.15, 0.2) is 35.2 Å². The Morgan fingerprint density at radius 2 is 2.25 bits per heavy atom. The number of hydrogen-bond acceptors (Lipinski definition) is 5. The van der Waals surface area contributed by atoms with Crippen LogP contribution in [0.25, 0.3) is 0 Å². The second-order valence-electron chi connectivity index (χ2n) is 4.04. The fourth-order valence-electron chi connectivity index (χ4n) is 1.51. The molecule has 1 N–H and O–H groups in total. The molecular formula is C14H16N2O3S. The van der Waals surface area contributed by atoms with Gasteiger partial charge in [-0.05, 0) is 17.0 Å². The maximum absolute atomic E-state index is 11.8. The summed E-state index contributed by atoms with van der Waals surface area (Å²) < 4.78 is 10.3. The Labute approximate surface area is 121 Å². The van der Waals surface area contributed by atoms with Crippen molar-refractivity contribution in [1.29, 1.82) is 0 Å². The lowest BCUT2D eigenvalue weighted by Gasteiger charge is -2.06. The van der Waals surface area contributed by atoms with E-state index in [1.807, 2.05) is 16.8 Å². The number of hydrogen-bond donors (Lipinski definition) is 1. The van der Waals surface area contributed by atoms with Crippen LogP contribution in [0.5, 0.6) is 5.88 Å². The van der Waals surface area contributed by atoms with Gasteiger partial charge >= 0.3 is 0 Å². The highest BCUT2D eigenvalue weighted by Gasteiger charge is 2.05. The first-order chi connectivity index (χ1) is 9.79. The number of pyridine rings is 1. The van der Waals surface area contributed by atoms with Crippen LogP contribution in [-0.4, -0.2) is 31.2 Å². The number of thiophene rings is 1. The lowest BCUT2D eigenvalue weighted by molar-refractivity contribution is 0.0951. The van der Waals surface area contributed by atoms with Gasteiger partial charge < -0.3 is 14.8 Å². The summed E-state index contributed by atoms with van der Waals surface area (Å²) in [7, 11) is 1.62. The van der Waals surface area contributed by atoms with Gasteiger partial charge in [0.1, 0.15) is 6.61 Å². The van der Waals surface area contributed by atoms with Crippen LogP contribution in [0, 0.1) is 0 Å². The molecule has 1 amide bonds. The van der Waals surface area contributed by atoms with Crippen molar-refractivity contribution in [3.63, 3.8) is 0 Å². The smallest absolute Gasteiger partial charge is 0.252 e. The Morgan fingerprint density at radius 1 is 1.35 bits per heavy atom. The van der Waals surface area contributed by atoms with Crippen LogP contribution in [0.4, 0.5) is 0 Å². The van der Waals surface area contributed by atoms with Crippen molar-refractivity contribution < 1.29 is 14.3 Å². The molecule has 0 aliphatic rings. The van der Waals surface area contributed by atoms with Crippen LogP contribution in [0.1, 0.15) is 15.9 Å². The van der Waals surface area contributed by atoms with Gasteiger partial charge in [-0.1, -0.05) is 6.07 Å². The minimum Gasteiger partial charge on any atom is -0.475 e. The largest absolute Gasteiger partial charge is 0.475 e. The van der Waals surface area contributed by atoms with E-state index < -0.39 is 0 Å². The zero-order valence-corrected chi connectivity index (χ0v) is 12.0. The van der Waals surface area contributed by atoms with E-state index in [9.17, 15) is 4.79 Å². The number of aromatic nitrogens is 1. The number of rotatable bonds is 7. The Hall–Kier alpha value is -1.92. The Balaban J connectivity index is 1.80. The van der Waals surface area contributed by atoms with Gasteiger partial charge in [0.2, 0.25) is 5.88 Å². The number of amides is 1. The number of methoxy groups -OCH3 is 1. The second kappa shape index (κ2) is 7.62. The van der Waals surface area contributed by atoms with Crippen molar-refractivity contribution in [1.82, 2.24) is 10.3 Å². The van der Waals surface area contributed by atoms with E-state index in [0.717, 1.165) is 5.56 Å². The first kappa shape index (κ1) is 14.5. The van der Waals surface area contributed by atoms with Gasteiger partial charge in [-0.3, -0.25) is 4.79 Å². The maximum Gasteiger partial charge on any atom is 0.252 e. The molecule has 106 valence electrons. The molecule has 0 aromatic carbocycles. The first-order valence-electron chi connectivity index (χ1n) is 6.16. The fraction of sp³-hybridized carbons (Fsp3) is 0.286.